The fraction of sp³-hybridized carbons (Fsp3) is 0.360. The van der Waals surface area contributed by atoms with E-state index in [9.17, 15) is 14.7 Å². The molecule has 0 aliphatic rings. The van der Waals surface area contributed by atoms with Crippen LogP contribution in [0.3, 0.4) is 0 Å². The first-order valence-electron chi connectivity index (χ1n) is 10.4. The number of carbonyl (C=O) groups excluding carboxylic acids is 1. The largest absolute Gasteiger partial charge is 0.494 e. The van der Waals surface area contributed by atoms with Crippen molar-refractivity contribution in [3.63, 3.8) is 0 Å². The molecule has 3 N–H and O–H groups in total. The van der Waals surface area contributed by atoms with Crippen molar-refractivity contribution in [2.24, 2.45) is 5.92 Å². The van der Waals surface area contributed by atoms with E-state index in [0.717, 1.165) is 17.5 Å². The van der Waals surface area contributed by atoms with Crippen LogP contribution in [0.2, 0.25) is 0 Å². The Hall–Kier alpha value is -3.08. The Morgan fingerprint density at radius 2 is 1.87 bits per heavy atom. The van der Waals surface area contributed by atoms with Gasteiger partial charge in [0.2, 0.25) is 0 Å². The van der Waals surface area contributed by atoms with Crippen LogP contribution in [0.4, 0.5) is 5.69 Å². The standard InChI is InChI=1S/C25H31NO4/c1-3-4-5-6-19-7-8-20(18(2)17-19)9-14-24(27)23(25(28)29)15-16-30-22-12-10-21(26)11-13-22/h7-14,17,23H,3-6,15-16,26H2,1-2H3,(H,28,29). The number of hydrogen-bond donors (Lipinski definition) is 2. The molecule has 0 amide bonds. The molecule has 1 unspecified atom stereocenters. The minimum absolute atomic E-state index is 0.0955. The predicted molar refractivity (Wildman–Crippen MR) is 121 cm³/mol. The summed E-state index contributed by atoms with van der Waals surface area (Å²) in [7, 11) is 0. The molecule has 5 heteroatoms. The zero-order chi connectivity index (χ0) is 21.9. The van der Waals surface area contributed by atoms with Gasteiger partial charge in [-0.15, -0.1) is 0 Å². The topological polar surface area (TPSA) is 89.6 Å². The van der Waals surface area contributed by atoms with E-state index in [1.165, 1.54) is 30.9 Å². The fourth-order valence-corrected chi connectivity index (χ4v) is 3.19. The first kappa shape index (κ1) is 23.2. The SMILES string of the molecule is CCCCCc1ccc(C=CC(=O)C(CCOc2ccc(N)cc2)C(=O)O)c(C)c1. The van der Waals surface area contributed by atoms with Crippen LogP contribution in [0.15, 0.2) is 48.5 Å². The summed E-state index contributed by atoms with van der Waals surface area (Å²) in [4.78, 5) is 24.0. The summed E-state index contributed by atoms with van der Waals surface area (Å²) in [5.74, 6) is -2.13. The van der Waals surface area contributed by atoms with Gasteiger partial charge in [0.05, 0.1) is 6.61 Å². The van der Waals surface area contributed by atoms with Crippen molar-refractivity contribution in [3.8, 4) is 5.75 Å². The smallest absolute Gasteiger partial charge is 0.314 e. The second-order valence-corrected chi connectivity index (χ2v) is 7.48. The van der Waals surface area contributed by atoms with Crippen LogP contribution < -0.4 is 10.5 Å². The third-order valence-electron chi connectivity index (χ3n) is 5.03. The van der Waals surface area contributed by atoms with E-state index in [0.29, 0.717) is 11.4 Å². The van der Waals surface area contributed by atoms with Crippen molar-refractivity contribution in [3.05, 3.63) is 65.2 Å². The van der Waals surface area contributed by atoms with E-state index in [1.807, 2.05) is 13.0 Å². The van der Waals surface area contributed by atoms with Crippen LogP contribution in [0, 0.1) is 12.8 Å². The number of unbranched alkanes of at least 4 members (excludes halogenated alkanes) is 2. The molecule has 5 nitrogen and oxygen atoms in total. The van der Waals surface area contributed by atoms with E-state index in [1.54, 1.807) is 30.3 Å². The molecular weight excluding hydrogens is 378 g/mol. The van der Waals surface area contributed by atoms with Gasteiger partial charge in [-0.1, -0.05) is 44.0 Å². The second kappa shape index (κ2) is 11.8. The molecular formula is C25H31NO4. The number of nitrogens with two attached hydrogens (primary N) is 1. The number of carboxylic acids is 1. The summed E-state index contributed by atoms with van der Waals surface area (Å²) >= 11 is 0. The number of allylic oxidation sites excluding steroid dienone is 1. The van der Waals surface area contributed by atoms with Crippen LogP contribution in [0.1, 0.15) is 49.3 Å². The molecule has 0 fully saturated rings. The first-order valence-corrected chi connectivity index (χ1v) is 10.4. The van der Waals surface area contributed by atoms with Gasteiger partial charge in [-0.2, -0.15) is 0 Å². The highest BCUT2D eigenvalue weighted by Gasteiger charge is 2.24. The van der Waals surface area contributed by atoms with Crippen LogP contribution >= 0.6 is 0 Å². The van der Waals surface area contributed by atoms with Crippen molar-refractivity contribution < 1.29 is 19.4 Å². The van der Waals surface area contributed by atoms with E-state index >= 15 is 0 Å². The van der Waals surface area contributed by atoms with Gasteiger partial charge in [0.25, 0.3) is 0 Å². The molecule has 0 spiro atoms. The summed E-state index contributed by atoms with van der Waals surface area (Å²) in [5, 5.41) is 9.44. The number of carbonyl (C=O) groups is 2. The molecule has 2 rings (SSSR count). The number of ether oxygens (including phenoxy) is 1. The zero-order valence-corrected chi connectivity index (χ0v) is 17.8. The molecule has 160 valence electrons. The Kier molecular flexibility index (Phi) is 9.13. The van der Waals surface area contributed by atoms with E-state index in [-0.39, 0.29) is 13.0 Å². The number of rotatable bonds is 12. The molecule has 0 bridgehead atoms. The minimum Gasteiger partial charge on any atom is -0.494 e. The van der Waals surface area contributed by atoms with Gasteiger partial charge in [0.1, 0.15) is 11.7 Å². The summed E-state index contributed by atoms with van der Waals surface area (Å²) < 4.78 is 5.53. The molecule has 0 aliphatic heterocycles. The van der Waals surface area contributed by atoms with Crippen LogP contribution in [0.25, 0.3) is 6.08 Å². The van der Waals surface area contributed by atoms with Gasteiger partial charge in [0.15, 0.2) is 5.78 Å². The number of ketones is 1. The van der Waals surface area contributed by atoms with Crippen molar-refractivity contribution >= 4 is 23.5 Å². The first-order chi connectivity index (χ1) is 14.4. The Balaban J connectivity index is 1.94. The third-order valence-corrected chi connectivity index (χ3v) is 5.03. The van der Waals surface area contributed by atoms with Crippen LogP contribution in [-0.4, -0.2) is 23.5 Å². The number of aryl methyl sites for hydroxylation is 2. The van der Waals surface area contributed by atoms with Crippen LogP contribution in [0.5, 0.6) is 5.75 Å². The molecule has 0 radical (unpaired) electrons. The van der Waals surface area contributed by atoms with Crippen molar-refractivity contribution in [1.82, 2.24) is 0 Å². The minimum atomic E-state index is -1.14. The molecule has 0 aliphatic carbocycles. The van der Waals surface area contributed by atoms with Gasteiger partial charge >= 0.3 is 5.97 Å². The average molecular weight is 410 g/mol. The maximum Gasteiger partial charge on any atom is 0.314 e. The Morgan fingerprint density at radius 1 is 1.13 bits per heavy atom. The second-order valence-electron chi connectivity index (χ2n) is 7.48. The monoisotopic (exact) mass is 409 g/mol. The Bertz CT molecular complexity index is 871. The molecule has 0 saturated heterocycles. The lowest BCUT2D eigenvalue weighted by atomic mass is 9.97. The molecule has 30 heavy (non-hydrogen) atoms. The lowest BCUT2D eigenvalue weighted by Gasteiger charge is -2.11. The van der Waals surface area contributed by atoms with Crippen molar-refractivity contribution in [1.29, 1.82) is 0 Å². The maximum atomic E-state index is 12.5. The number of anilines is 1. The van der Waals surface area contributed by atoms with Gasteiger partial charge < -0.3 is 15.6 Å². The highest BCUT2D eigenvalue weighted by molar-refractivity contribution is 6.06. The number of benzene rings is 2. The highest BCUT2D eigenvalue weighted by Crippen LogP contribution is 2.17. The summed E-state index contributed by atoms with van der Waals surface area (Å²) in [6.07, 6.45) is 7.78. The van der Waals surface area contributed by atoms with Gasteiger partial charge in [-0.25, -0.2) is 0 Å². The molecule has 1 atom stereocenters. The fourth-order valence-electron chi connectivity index (χ4n) is 3.19. The highest BCUT2D eigenvalue weighted by atomic mass is 16.5. The lowest BCUT2D eigenvalue weighted by molar-refractivity contribution is -0.145. The van der Waals surface area contributed by atoms with Gasteiger partial charge in [-0.3, -0.25) is 9.59 Å². The summed E-state index contributed by atoms with van der Waals surface area (Å²) in [6.45, 7) is 4.32. The number of aliphatic carboxylic acids is 1. The van der Waals surface area contributed by atoms with E-state index in [2.05, 4.69) is 19.1 Å². The average Bonchev–Trinajstić information content (AvgIpc) is 2.71. The predicted octanol–water partition coefficient (Wildman–Crippen LogP) is 5.06. The molecule has 0 saturated carbocycles. The van der Waals surface area contributed by atoms with Gasteiger partial charge in [0, 0.05) is 12.1 Å². The third kappa shape index (κ3) is 7.39. The van der Waals surface area contributed by atoms with Crippen LogP contribution in [-0.2, 0) is 16.0 Å². The lowest BCUT2D eigenvalue weighted by Crippen LogP contribution is -2.24. The Labute approximate surface area is 178 Å². The molecule has 0 aromatic heterocycles. The number of nitrogen functional groups attached to an aromatic ring is 1. The molecule has 2 aromatic carbocycles. The normalized spacial score (nSPS) is 12.1. The number of hydrogen-bond acceptors (Lipinski definition) is 4. The number of carboxylic acid groups (broad SMARTS) is 1. The Morgan fingerprint density at radius 3 is 2.50 bits per heavy atom. The molecule has 2 aromatic rings. The quantitative estimate of drug-likeness (QED) is 0.221. The van der Waals surface area contributed by atoms with E-state index in [4.69, 9.17) is 10.5 Å². The van der Waals surface area contributed by atoms with E-state index < -0.39 is 17.7 Å². The molecule has 0 heterocycles. The van der Waals surface area contributed by atoms with Crippen molar-refractivity contribution in [2.75, 3.05) is 12.3 Å². The van der Waals surface area contributed by atoms with Gasteiger partial charge in [-0.05, 0) is 66.8 Å². The maximum absolute atomic E-state index is 12.5. The zero-order valence-electron chi connectivity index (χ0n) is 17.8. The summed E-state index contributed by atoms with van der Waals surface area (Å²) in [5.41, 5.74) is 9.53. The van der Waals surface area contributed by atoms with Crippen molar-refractivity contribution in [2.45, 2.75) is 46.0 Å². The summed E-state index contributed by atoms with van der Waals surface area (Å²) in [6, 6.07) is 13.0.